The number of nitrogens with two attached hydrogens (primary N) is 3. The van der Waals surface area contributed by atoms with Crippen LogP contribution in [0, 0.1) is 0 Å². The van der Waals surface area contributed by atoms with Gasteiger partial charge >= 0.3 is 11.9 Å². The Balaban J connectivity index is 5.58. The van der Waals surface area contributed by atoms with Crippen molar-refractivity contribution in [1.29, 1.82) is 0 Å². The van der Waals surface area contributed by atoms with Gasteiger partial charge in [-0.25, -0.2) is 4.79 Å². The SMILES string of the molecule is CC(O)C(NC(=O)C(CCCCN)NC(=O)C(CCC(=O)O)NC(=O)C(N)CC(N)=O)C(=O)O. The number of hydrogen-bond donors (Lipinski definition) is 9. The van der Waals surface area contributed by atoms with E-state index in [4.69, 9.17) is 27.4 Å². The highest BCUT2D eigenvalue weighted by atomic mass is 16.4. The molecule has 0 spiro atoms. The van der Waals surface area contributed by atoms with E-state index in [0.29, 0.717) is 19.4 Å². The molecule has 5 atom stereocenters. The molecule has 0 fully saturated rings. The lowest BCUT2D eigenvalue weighted by atomic mass is 10.0. The largest absolute Gasteiger partial charge is 0.481 e. The van der Waals surface area contributed by atoms with Crippen LogP contribution in [0.1, 0.15) is 45.4 Å². The average molecular weight is 491 g/mol. The molecule has 0 aromatic carbocycles. The number of aliphatic hydroxyl groups excluding tert-OH is 1. The molecule has 0 radical (unpaired) electrons. The van der Waals surface area contributed by atoms with Crippen molar-refractivity contribution < 1.29 is 44.1 Å². The molecule has 12 N–H and O–H groups in total. The molecule has 0 aromatic rings. The van der Waals surface area contributed by atoms with Crippen LogP contribution in [0.3, 0.4) is 0 Å². The third-order valence-corrected chi connectivity index (χ3v) is 4.66. The Morgan fingerprint density at radius 1 is 0.853 bits per heavy atom. The quantitative estimate of drug-likeness (QED) is 0.0888. The normalized spacial score (nSPS) is 15.2. The summed E-state index contributed by atoms with van der Waals surface area (Å²) in [7, 11) is 0. The second-order valence-corrected chi connectivity index (χ2v) is 7.68. The van der Waals surface area contributed by atoms with Crippen molar-refractivity contribution in [3.63, 3.8) is 0 Å². The molecule has 0 aliphatic carbocycles. The Hall–Kier alpha value is -3.30. The van der Waals surface area contributed by atoms with Crippen LogP contribution in [0.25, 0.3) is 0 Å². The number of amides is 4. The van der Waals surface area contributed by atoms with Crippen molar-refractivity contribution in [2.45, 2.75) is 75.7 Å². The van der Waals surface area contributed by atoms with Gasteiger partial charge in [0.15, 0.2) is 6.04 Å². The first kappa shape index (κ1) is 30.7. The van der Waals surface area contributed by atoms with Gasteiger partial charge in [-0.15, -0.1) is 0 Å². The number of carboxylic acids is 2. The second kappa shape index (κ2) is 15.5. The molecule has 15 nitrogen and oxygen atoms in total. The van der Waals surface area contributed by atoms with Crippen LogP contribution in [-0.4, -0.2) is 87.7 Å². The van der Waals surface area contributed by atoms with Crippen molar-refractivity contribution in [3.05, 3.63) is 0 Å². The van der Waals surface area contributed by atoms with Crippen molar-refractivity contribution in [2.75, 3.05) is 6.54 Å². The van der Waals surface area contributed by atoms with Crippen LogP contribution in [0.2, 0.25) is 0 Å². The zero-order valence-corrected chi connectivity index (χ0v) is 18.9. The highest BCUT2D eigenvalue weighted by Gasteiger charge is 2.32. The molecule has 34 heavy (non-hydrogen) atoms. The van der Waals surface area contributed by atoms with E-state index in [1.807, 2.05) is 0 Å². The third kappa shape index (κ3) is 12.1. The minimum atomic E-state index is -1.64. The Morgan fingerprint density at radius 2 is 1.38 bits per heavy atom. The first-order chi connectivity index (χ1) is 15.8. The predicted octanol–water partition coefficient (Wildman–Crippen LogP) is -3.90. The number of aliphatic hydroxyl groups is 1. The van der Waals surface area contributed by atoms with E-state index in [-0.39, 0.29) is 12.8 Å². The van der Waals surface area contributed by atoms with Crippen LogP contribution < -0.4 is 33.2 Å². The number of rotatable bonds is 17. The van der Waals surface area contributed by atoms with E-state index in [1.165, 1.54) is 0 Å². The fourth-order valence-electron chi connectivity index (χ4n) is 2.80. The average Bonchev–Trinajstić information content (AvgIpc) is 2.72. The van der Waals surface area contributed by atoms with Gasteiger partial charge in [0, 0.05) is 6.42 Å². The minimum Gasteiger partial charge on any atom is -0.481 e. The molecule has 0 aliphatic rings. The van der Waals surface area contributed by atoms with Gasteiger partial charge < -0.3 is 48.5 Å². The molecular weight excluding hydrogens is 456 g/mol. The Bertz CT molecular complexity index is 746. The number of carboxylic acid groups (broad SMARTS) is 2. The lowest BCUT2D eigenvalue weighted by Crippen LogP contribution is -2.58. The summed E-state index contributed by atoms with van der Waals surface area (Å²) in [4.78, 5) is 70.9. The predicted molar refractivity (Wildman–Crippen MR) is 117 cm³/mol. The zero-order valence-electron chi connectivity index (χ0n) is 18.9. The van der Waals surface area contributed by atoms with Crippen molar-refractivity contribution in [1.82, 2.24) is 16.0 Å². The van der Waals surface area contributed by atoms with Gasteiger partial charge in [0.1, 0.15) is 12.1 Å². The number of hydrogen-bond acceptors (Lipinski definition) is 9. The molecule has 0 aromatic heterocycles. The van der Waals surface area contributed by atoms with Crippen LogP contribution in [-0.2, 0) is 28.8 Å². The van der Waals surface area contributed by atoms with E-state index < -0.39 is 78.7 Å². The summed E-state index contributed by atoms with van der Waals surface area (Å²) in [6.07, 6.45) is -1.93. The van der Waals surface area contributed by atoms with E-state index >= 15 is 0 Å². The fourth-order valence-corrected chi connectivity index (χ4v) is 2.80. The third-order valence-electron chi connectivity index (χ3n) is 4.66. The monoisotopic (exact) mass is 490 g/mol. The van der Waals surface area contributed by atoms with E-state index in [0.717, 1.165) is 6.92 Å². The molecule has 0 aliphatic heterocycles. The fraction of sp³-hybridized carbons (Fsp3) is 0.684. The topological polar surface area (TPSA) is 277 Å². The van der Waals surface area contributed by atoms with Gasteiger partial charge in [-0.2, -0.15) is 0 Å². The Labute approximate surface area is 195 Å². The zero-order chi connectivity index (χ0) is 26.4. The first-order valence-corrected chi connectivity index (χ1v) is 10.6. The summed E-state index contributed by atoms with van der Waals surface area (Å²) in [6, 6.07) is -5.73. The van der Waals surface area contributed by atoms with Gasteiger partial charge in [-0.3, -0.25) is 24.0 Å². The molecule has 4 amide bonds. The maximum atomic E-state index is 12.8. The van der Waals surface area contributed by atoms with Crippen molar-refractivity contribution >= 4 is 35.6 Å². The summed E-state index contributed by atoms with van der Waals surface area (Å²) >= 11 is 0. The molecule has 194 valence electrons. The Kier molecular flexibility index (Phi) is 14.0. The lowest BCUT2D eigenvalue weighted by Gasteiger charge is -2.25. The number of primary amides is 1. The highest BCUT2D eigenvalue weighted by Crippen LogP contribution is 2.06. The molecule has 0 heterocycles. The molecule has 5 unspecified atom stereocenters. The maximum absolute atomic E-state index is 12.8. The van der Waals surface area contributed by atoms with Gasteiger partial charge in [-0.05, 0) is 39.2 Å². The van der Waals surface area contributed by atoms with Crippen LogP contribution >= 0.6 is 0 Å². The van der Waals surface area contributed by atoms with Gasteiger partial charge in [0.25, 0.3) is 0 Å². The second-order valence-electron chi connectivity index (χ2n) is 7.68. The van der Waals surface area contributed by atoms with E-state index in [1.54, 1.807) is 0 Å². The van der Waals surface area contributed by atoms with Gasteiger partial charge in [0.2, 0.25) is 23.6 Å². The van der Waals surface area contributed by atoms with Gasteiger partial charge in [0.05, 0.1) is 18.6 Å². The molecule has 0 saturated heterocycles. The summed E-state index contributed by atoms with van der Waals surface area (Å²) in [5.74, 6) is -6.40. The first-order valence-electron chi connectivity index (χ1n) is 10.6. The Morgan fingerprint density at radius 3 is 1.85 bits per heavy atom. The lowest BCUT2D eigenvalue weighted by molar-refractivity contribution is -0.145. The van der Waals surface area contributed by atoms with Crippen LogP contribution in [0.5, 0.6) is 0 Å². The maximum Gasteiger partial charge on any atom is 0.328 e. The van der Waals surface area contributed by atoms with E-state index in [2.05, 4.69) is 16.0 Å². The highest BCUT2D eigenvalue weighted by molar-refractivity contribution is 5.95. The molecule has 0 saturated carbocycles. The number of nitrogens with one attached hydrogen (secondary N) is 3. The summed E-state index contributed by atoms with van der Waals surface area (Å²) in [6.45, 7) is 1.45. The summed E-state index contributed by atoms with van der Waals surface area (Å²) in [5.41, 5.74) is 16.0. The van der Waals surface area contributed by atoms with E-state index in [9.17, 15) is 33.9 Å². The number of carbonyl (C=O) groups is 6. The summed E-state index contributed by atoms with van der Waals surface area (Å²) < 4.78 is 0. The molecule has 0 rings (SSSR count). The van der Waals surface area contributed by atoms with Crippen molar-refractivity contribution in [2.24, 2.45) is 17.2 Å². The van der Waals surface area contributed by atoms with Crippen LogP contribution in [0.4, 0.5) is 0 Å². The smallest absolute Gasteiger partial charge is 0.328 e. The van der Waals surface area contributed by atoms with Crippen LogP contribution in [0.15, 0.2) is 0 Å². The van der Waals surface area contributed by atoms with Gasteiger partial charge in [-0.1, -0.05) is 0 Å². The minimum absolute atomic E-state index is 0.0434. The number of carbonyl (C=O) groups excluding carboxylic acids is 4. The standard InChI is InChI=1S/C19H34N6O9/c1-9(26)15(19(33)34)25-18(32)11(4-2-3-7-20)24-17(31)12(5-6-14(28)29)23-16(30)10(21)8-13(22)27/h9-12,15,26H,2-8,20-21H2,1H3,(H2,22,27)(H,23,30)(H,24,31)(H,25,32)(H,28,29)(H,33,34). The van der Waals surface area contributed by atoms with Crippen molar-refractivity contribution in [3.8, 4) is 0 Å². The number of aliphatic carboxylic acids is 2. The molecule has 0 bridgehead atoms. The number of unbranched alkanes of at least 4 members (excludes halogenated alkanes) is 1. The molecule has 15 heteroatoms. The summed E-state index contributed by atoms with van der Waals surface area (Å²) in [5, 5.41) is 34.4. The molecular formula is C19H34N6O9.